The van der Waals surface area contributed by atoms with Gasteiger partial charge in [0.1, 0.15) is 19.0 Å². The van der Waals surface area contributed by atoms with E-state index in [1.807, 2.05) is 36.4 Å². The van der Waals surface area contributed by atoms with Gasteiger partial charge in [-0.1, -0.05) is 55.8 Å². The Bertz CT molecular complexity index is 1220. The summed E-state index contributed by atoms with van der Waals surface area (Å²) in [6.07, 6.45) is 0.959. The summed E-state index contributed by atoms with van der Waals surface area (Å²) in [5, 5.41) is 0.796. The summed E-state index contributed by atoms with van der Waals surface area (Å²) >= 11 is 6.49. The summed E-state index contributed by atoms with van der Waals surface area (Å²) < 4.78 is 23.5. The van der Waals surface area contributed by atoms with Gasteiger partial charge in [-0.05, 0) is 65.8 Å². The maximum Gasteiger partial charge on any atom is 0.200 e. The molecule has 0 unspecified atom stereocenters. The van der Waals surface area contributed by atoms with E-state index in [0.717, 1.165) is 22.6 Å². The molecule has 2 aliphatic rings. The first kappa shape index (κ1) is 24.7. The Labute approximate surface area is 217 Å². The molecule has 2 heterocycles. The maximum absolute atomic E-state index is 12.8. The number of ether oxygens (including phenoxy) is 4. The van der Waals surface area contributed by atoms with Gasteiger partial charge in [-0.2, -0.15) is 0 Å². The zero-order valence-corrected chi connectivity index (χ0v) is 21.4. The smallest absolute Gasteiger partial charge is 0.200 e. The minimum Gasteiger partial charge on any atom is -0.486 e. The Kier molecular flexibility index (Phi) is 7.49. The van der Waals surface area contributed by atoms with Gasteiger partial charge in [0, 0.05) is 16.5 Å². The highest BCUT2D eigenvalue weighted by Crippen LogP contribution is 2.45. The van der Waals surface area contributed by atoms with Crippen LogP contribution in [0.1, 0.15) is 53.8 Å². The molecule has 3 atom stereocenters. The van der Waals surface area contributed by atoms with Crippen LogP contribution in [-0.2, 0) is 4.74 Å². The van der Waals surface area contributed by atoms with E-state index in [9.17, 15) is 4.79 Å². The Morgan fingerprint density at radius 1 is 1.00 bits per heavy atom. The Balaban J connectivity index is 1.26. The molecule has 3 aromatic rings. The average molecular weight is 507 g/mol. The van der Waals surface area contributed by atoms with Gasteiger partial charge in [-0.3, -0.25) is 4.79 Å². The van der Waals surface area contributed by atoms with Gasteiger partial charge in [0.15, 0.2) is 23.9 Å². The van der Waals surface area contributed by atoms with E-state index in [1.54, 1.807) is 18.2 Å². The number of ketones is 1. The number of hydrogen-bond acceptors (Lipinski definition) is 5. The fourth-order valence-electron chi connectivity index (χ4n) is 5.08. The standard InChI is InChI=1S/C30H31ClO5/c1-19(2)25-15-22(24-8-3-4-9-26(24)31)17-36-30(25)21-6-5-7-23(14-21)35-18-27(32)20-10-11-28-29(16-20)34-13-12-33-28/h3-11,14,16,19,22,25,30H,12-13,15,17-18H2,1-2H3/t22-,25-,30-/m0/s1. The molecule has 5 nitrogen and oxygen atoms in total. The third-order valence-corrected chi connectivity index (χ3v) is 7.39. The predicted molar refractivity (Wildman–Crippen MR) is 140 cm³/mol. The quantitative estimate of drug-likeness (QED) is 0.326. The summed E-state index contributed by atoms with van der Waals surface area (Å²) in [7, 11) is 0. The van der Waals surface area contributed by atoms with Gasteiger partial charge >= 0.3 is 0 Å². The van der Waals surface area contributed by atoms with Crippen molar-refractivity contribution >= 4 is 17.4 Å². The SMILES string of the molecule is CC(C)[C@@H]1C[C@H](c2ccccc2Cl)CO[C@H]1c1cccc(OCC(=O)c2ccc3c(c2)OCCO3)c1. The third-order valence-electron chi connectivity index (χ3n) is 7.04. The summed E-state index contributed by atoms with van der Waals surface area (Å²) in [6, 6.07) is 21.2. The molecule has 5 rings (SSSR count). The van der Waals surface area contributed by atoms with Crippen LogP contribution in [-0.4, -0.2) is 32.2 Å². The molecular weight excluding hydrogens is 476 g/mol. The fraction of sp³-hybridized carbons (Fsp3) is 0.367. The minimum atomic E-state index is -0.117. The van der Waals surface area contributed by atoms with Crippen molar-refractivity contribution < 1.29 is 23.7 Å². The summed E-state index contributed by atoms with van der Waals surface area (Å²) in [4.78, 5) is 12.8. The second-order valence-electron chi connectivity index (χ2n) is 9.76. The first-order valence-corrected chi connectivity index (χ1v) is 12.9. The first-order valence-electron chi connectivity index (χ1n) is 12.5. The number of rotatable bonds is 7. The molecule has 2 aliphatic heterocycles. The second-order valence-corrected chi connectivity index (χ2v) is 10.2. The maximum atomic E-state index is 12.8. The Hall–Kier alpha value is -3.02. The number of benzene rings is 3. The van der Waals surface area contributed by atoms with Crippen molar-refractivity contribution in [2.24, 2.45) is 11.8 Å². The van der Waals surface area contributed by atoms with Crippen LogP contribution in [0.15, 0.2) is 66.7 Å². The molecule has 0 saturated carbocycles. The van der Waals surface area contributed by atoms with Crippen LogP contribution >= 0.6 is 11.6 Å². The van der Waals surface area contributed by atoms with Crippen molar-refractivity contribution in [1.29, 1.82) is 0 Å². The summed E-state index contributed by atoms with van der Waals surface area (Å²) in [5.41, 5.74) is 2.75. The highest BCUT2D eigenvalue weighted by molar-refractivity contribution is 6.31. The molecule has 0 radical (unpaired) electrons. The monoisotopic (exact) mass is 506 g/mol. The number of Topliss-reactive ketones (excluding diaryl/α,β-unsaturated/α-hetero) is 1. The molecule has 0 bridgehead atoms. The van der Waals surface area contributed by atoms with Crippen molar-refractivity contribution in [3.8, 4) is 17.2 Å². The van der Waals surface area contributed by atoms with Crippen LogP contribution in [0, 0.1) is 11.8 Å². The van der Waals surface area contributed by atoms with Gasteiger partial charge in [-0.15, -0.1) is 0 Å². The fourth-order valence-corrected chi connectivity index (χ4v) is 5.37. The lowest BCUT2D eigenvalue weighted by molar-refractivity contribution is -0.0552. The van der Waals surface area contributed by atoms with E-state index in [1.165, 1.54) is 0 Å². The van der Waals surface area contributed by atoms with Crippen molar-refractivity contribution in [3.05, 3.63) is 88.4 Å². The van der Waals surface area contributed by atoms with Crippen LogP contribution in [0.3, 0.4) is 0 Å². The molecule has 0 aliphatic carbocycles. The number of carbonyl (C=O) groups excluding carboxylic acids is 1. The van der Waals surface area contributed by atoms with Gasteiger partial charge in [0.25, 0.3) is 0 Å². The van der Waals surface area contributed by atoms with Crippen molar-refractivity contribution in [2.75, 3.05) is 26.4 Å². The topological polar surface area (TPSA) is 54.0 Å². The van der Waals surface area contributed by atoms with Gasteiger partial charge in [0.05, 0.1) is 12.7 Å². The Morgan fingerprint density at radius 3 is 2.61 bits per heavy atom. The molecular formula is C30H31ClO5. The summed E-state index contributed by atoms with van der Waals surface area (Å²) in [5.74, 6) is 2.82. The Morgan fingerprint density at radius 2 is 1.81 bits per heavy atom. The molecule has 0 amide bonds. The zero-order valence-electron chi connectivity index (χ0n) is 20.6. The third kappa shape index (κ3) is 5.37. The molecule has 36 heavy (non-hydrogen) atoms. The van der Waals surface area contributed by atoms with E-state index in [0.29, 0.717) is 54.5 Å². The molecule has 6 heteroatoms. The molecule has 0 spiro atoms. The molecule has 1 fully saturated rings. The van der Waals surface area contributed by atoms with Gasteiger partial charge < -0.3 is 18.9 Å². The van der Waals surface area contributed by atoms with Crippen LogP contribution in [0.2, 0.25) is 5.02 Å². The number of fused-ring (bicyclic) bond motifs is 1. The van der Waals surface area contributed by atoms with Gasteiger partial charge in [-0.25, -0.2) is 0 Å². The predicted octanol–water partition coefficient (Wildman–Crippen LogP) is 6.89. The van der Waals surface area contributed by atoms with E-state index in [-0.39, 0.29) is 24.4 Å². The molecule has 3 aromatic carbocycles. The van der Waals surface area contributed by atoms with Crippen molar-refractivity contribution in [1.82, 2.24) is 0 Å². The normalized spacial score (nSPS) is 21.3. The molecule has 188 valence electrons. The molecule has 1 saturated heterocycles. The van der Waals surface area contributed by atoms with Crippen LogP contribution in [0.4, 0.5) is 0 Å². The van der Waals surface area contributed by atoms with Crippen LogP contribution in [0.5, 0.6) is 17.2 Å². The van der Waals surface area contributed by atoms with E-state index >= 15 is 0 Å². The average Bonchev–Trinajstić information content (AvgIpc) is 2.91. The van der Waals surface area contributed by atoms with Gasteiger partial charge in [0.2, 0.25) is 0 Å². The molecule has 0 N–H and O–H groups in total. The van der Waals surface area contributed by atoms with E-state index in [2.05, 4.69) is 26.0 Å². The lowest BCUT2D eigenvalue weighted by atomic mass is 9.76. The van der Waals surface area contributed by atoms with Crippen LogP contribution < -0.4 is 14.2 Å². The molecule has 0 aromatic heterocycles. The van der Waals surface area contributed by atoms with Crippen molar-refractivity contribution in [2.45, 2.75) is 32.3 Å². The number of hydrogen-bond donors (Lipinski definition) is 0. The highest BCUT2D eigenvalue weighted by atomic mass is 35.5. The second kappa shape index (κ2) is 10.9. The van der Waals surface area contributed by atoms with E-state index < -0.39 is 0 Å². The number of carbonyl (C=O) groups is 1. The van der Waals surface area contributed by atoms with E-state index in [4.69, 9.17) is 30.5 Å². The largest absolute Gasteiger partial charge is 0.486 e. The minimum absolute atomic E-state index is 0.0409. The highest BCUT2D eigenvalue weighted by Gasteiger charge is 2.35. The first-order chi connectivity index (χ1) is 17.5. The van der Waals surface area contributed by atoms with Crippen molar-refractivity contribution in [3.63, 3.8) is 0 Å². The summed E-state index contributed by atoms with van der Waals surface area (Å²) in [6.45, 7) is 6.03. The zero-order chi connectivity index (χ0) is 25.1. The number of halogens is 1. The van der Waals surface area contributed by atoms with Crippen LogP contribution in [0.25, 0.3) is 0 Å². The lowest BCUT2D eigenvalue weighted by Crippen LogP contribution is -2.31. The lowest BCUT2D eigenvalue weighted by Gasteiger charge is -2.39.